The highest BCUT2D eigenvalue weighted by molar-refractivity contribution is 7.90. The number of rotatable bonds is 9. The number of piperidine rings is 1. The van der Waals surface area contributed by atoms with Crippen molar-refractivity contribution in [3.63, 3.8) is 0 Å². The van der Waals surface area contributed by atoms with Crippen molar-refractivity contribution in [1.29, 1.82) is 0 Å². The van der Waals surface area contributed by atoms with E-state index in [1.54, 1.807) is 12.1 Å². The SMILES string of the molecule is Cc1ccc(S(=O)(=O)n2cnc(C[C@H](NC(=O)[C@@H]3CC(=O)N3)C(=O)N(C(=O)C3CCCCN3)C34CC5CC(CC(C5)C3)C4)c2)cc1. The van der Waals surface area contributed by atoms with Crippen LogP contribution in [0.25, 0.3) is 0 Å². The molecule has 4 aliphatic carbocycles. The lowest BCUT2D eigenvalue weighted by Gasteiger charge is -2.60. The molecule has 6 fully saturated rings. The summed E-state index contributed by atoms with van der Waals surface area (Å²) in [6.07, 6.45) is 10.6. The van der Waals surface area contributed by atoms with Crippen molar-refractivity contribution in [1.82, 2.24) is 29.8 Å². The Balaban J connectivity index is 1.21. The molecule has 2 aromatic rings. The molecule has 246 valence electrons. The molecule has 2 aliphatic heterocycles. The van der Waals surface area contributed by atoms with Crippen LogP contribution in [0, 0.1) is 24.7 Å². The van der Waals surface area contributed by atoms with E-state index in [0.29, 0.717) is 30.7 Å². The number of amides is 4. The zero-order chi connectivity index (χ0) is 32.2. The number of benzene rings is 1. The van der Waals surface area contributed by atoms with Crippen molar-refractivity contribution in [2.75, 3.05) is 6.54 Å². The smallest absolute Gasteiger partial charge is 0.268 e. The molecule has 3 atom stereocenters. The third kappa shape index (κ3) is 5.76. The van der Waals surface area contributed by atoms with Gasteiger partial charge in [0.1, 0.15) is 18.4 Å². The van der Waals surface area contributed by atoms with Crippen molar-refractivity contribution in [2.45, 2.75) is 106 Å². The Morgan fingerprint density at radius 2 is 1.70 bits per heavy atom. The Bertz CT molecular complexity index is 1600. The normalized spacial score (nSPS) is 30.6. The minimum Gasteiger partial charge on any atom is -0.344 e. The fourth-order valence-corrected chi connectivity index (χ4v) is 10.1. The molecule has 4 amide bonds. The zero-order valence-corrected chi connectivity index (χ0v) is 26.9. The highest BCUT2D eigenvalue weighted by Gasteiger charge is 2.57. The average molecular weight is 651 g/mol. The van der Waals surface area contributed by atoms with Crippen LogP contribution in [0.3, 0.4) is 0 Å². The predicted octanol–water partition coefficient (Wildman–Crippen LogP) is 1.81. The van der Waals surface area contributed by atoms with E-state index in [-0.39, 0.29) is 35.2 Å². The van der Waals surface area contributed by atoms with Crippen LogP contribution in [0.4, 0.5) is 0 Å². The van der Waals surface area contributed by atoms with Gasteiger partial charge in [-0.05, 0) is 94.7 Å². The molecule has 3 heterocycles. The number of hydrogen-bond acceptors (Lipinski definition) is 8. The monoisotopic (exact) mass is 650 g/mol. The molecule has 8 rings (SSSR count). The van der Waals surface area contributed by atoms with Crippen molar-refractivity contribution in [3.05, 3.63) is 48.0 Å². The number of hydrogen-bond donors (Lipinski definition) is 3. The summed E-state index contributed by atoms with van der Waals surface area (Å²) >= 11 is 0. The largest absolute Gasteiger partial charge is 0.344 e. The summed E-state index contributed by atoms with van der Waals surface area (Å²) < 4.78 is 27.7. The van der Waals surface area contributed by atoms with Gasteiger partial charge in [-0.3, -0.25) is 24.1 Å². The summed E-state index contributed by atoms with van der Waals surface area (Å²) in [4.78, 5) is 60.1. The van der Waals surface area contributed by atoms with Crippen molar-refractivity contribution in [2.24, 2.45) is 17.8 Å². The van der Waals surface area contributed by atoms with Crippen molar-refractivity contribution in [3.8, 4) is 0 Å². The van der Waals surface area contributed by atoms with Gasteiger partial charge in [-0.15, -0.1) is 0 Å². The number of carbonyl (C=O) groups is 4. The molecule has 12 nitrogen and oxygen atoms in total. The number of imide groups is 1. The second-order valence-electron chi connectivity index (χ2n) is 14.3. The Hall–Kier alpha value is -3.58. The molecule has 3 N–H and O–H groups in total. The maximum Gasteiger partial charge on any atom is 0.268 e. The van der Waals surface area contributed by atoms with E-state index < -0.39 is 45.5 Å². The zero-order valence-electron chi connectivity index (χ0n) is 26.1. The molecule has 46 heavy (non-hydrogen) atoms. The van der Waals surface area contributed by atoms with Gasteiger partial charge < -0.3 is 16.0 Å². The molecule has 13 heteroatoms. The molecule has 1 aromatic carbocycles. The van der Waals surface area contributed by atoms with Crippen LogP contribution in [0.15, 0.2) is 41.7 Å². The molecule has 4 bridgehead atoms. The summed E-state index contributed by atoms with van der Waals surface area (Å²) in [6, 6.07) is 4.04. The van der Waals surface area contributed by atoms with Crippen molar-refractivity contribution < 1.29 is 27.6 Å². The lowest BCUT2D eigenvalue weighted by molar-refractivity contribution is -0.168. The summed E-state index contributed by atoms with van der Waals surface area (Å²) in [7, 11) is -3.94. The fraction of sp³-hybridized carbons (Fsp3) is 0.606. The van der Waals surface area contributed by atoms with E-state index >= 15 is 0 Å². The second-order valence-corrected chi connectivity index (χ2v) is 16.1. The van der Waals surface area contributed by atoms with Gasteiger partial charge in [-0.1, -0.05) is 24.1 Å². The number of imidazole rings is 1. The quantitative estimate of drug-likeness (QED) is 0.347. The van der Waals surface area contributed by atoms with Crippen LogP contribution in [0.1, 0.15) is 75.5 Å². The highest BCUT2D eigenvalue weighted by atomic mass is 32.2. The van der Waals surface area contributed by atoms with Crippen LogP contribution in [-0.2, 0) is 35.6 Å². The molecule has 1 unspecified atom stereocenters. The molecule has 2 saturated heterocycles. The van der Waals surface area contributed by atoms with Gasteiger partial charge in [-0.25, -0.2) is 17.4 Å². The van der Waals surface area contributed by atoms with Crippen LogP contribution < -0.4 is 16.0 Å². The van der Waals surface area contributed by atoms with Crippen LogP contribution in [0.5, 0.6) is 0 Å². The predicted molar refractivity (Wildman–Crippen MR) is 167 cm³/mol. The highest BCUT2D eigenvalue weighted by Crippen LogP contribution is 2.58. The van der Waals surface area contributed by atoms with E-state index in [9.17, 15) is 27.6 Å². The van der Waals surface area contributed by atoms with Gasteiger partial charge in [-0.2, -0.15) is 0 Å². The number of β-lactam (4-membered cyclic amide) rings is 1. The van der Waals surface area contributed by atoms with Gasteiger partial charge in [0, 0.05) is 12.6 Å². The topological polar surface area (TPSA) is 160 Å². The summed E-state index contributed by atoms with van der Waals surface area (Å²) in [6.45, 7) is 2.57. The van der Waals surface area contributed by atoms with Gasteiger partial charge in [0.25, 0.3) is 15.9 Å². The maximum atomic E-state index is 14.9. The Morgan fingerprint density at radius 1 is 1.04 bits per heavy atom. The molecule has 0 spiro atoms. The van der Waals surface area contributed by atoms with E-state index in [0.717, 1.165) is 60.9 Å². The van der Waals surface area contributed by atoms with Crippen LogP contribution >= 0.6 is 0 Å². The number of aromatic nitrogens is 2. The number of aryl methyl sites for hydroxylation is 1. The minimum absolute atomic E-state index is 0.0137. The van der Waals surface area contributed by atoms with Gasteiger partial charge in [0.2, 0.25) is 17.7 Å². The lowest BCUT2D eigenvalue weighted by Crippen LogP contribution is -2.69. The van der Waals surface area contributed by atoms with Crippen LogP contribution in [-0.4, -0.2) is 76.1 Å². The summed E-state index contributed by atoms with van der Waals surface area (Å²) in [5.74, 6) is -0.0986. The number of carbonyl (C=O) groups excluding carboxylic acids is 4. The van der Waals surface area contributed by atoms with E-state index in [4.69, 9.17) is 0 Å². The van der Waals surface area contributed by atoms with Gasteiger partial charge >= 0.3 is 0 Å². The van der Waals surface area contributed by atoms with Crippen LogP contribution in [0.2, 0.25) is 0 Å². The molecule has 0 radical (unpaired) electrons. The number of nitrogens with one attached hydrogen (secondary N) is 3. The standard InChI is InChI=1S/C33H42N6O6S/c1-20-5-7-25(8-6-20)46(44,45)38-18-24(35-19-38)13-28(37-30(41)27-14-29(40)36-27)32(43)39(31(42)26-4-2-3-9-34-26)33-15-21-10-22(16-33)12-23(11-21)17-33/h5-8,18-19,21-23,26-28,34H,2-4,9-17H2,1H3,(H,36,40)(H,37,41)/t21?,22?,23?,26?,27-,28-,33?/m0/s1. The van der Waals surface area contributed by atoms with E-state index in [1.807, 2.05) is 6.92 Å². The maximum absolute atomic E-state index is 14.9. The first kappa shape index (κ1) is 31.0. The van der Waals surface area contributed by atoms with Crippen molar-refractivity contribution >= 4 is 33.7 Å². The lowest BCUT2D eigenvalue weighted by atomic mass is 9.52. The van der Waals surface area contributed by atoms with E-state index in [1.165, 1.54) is 29.6 Å². The molecule has 1 aromatic heterocycles. The first-order valence-corrected chi connectivity index (χ1v) is 18.0. The molecule has 6 aliphatic rings. The minimum atomic E-state index is -3.94. The Morgan fingerprint density at radius 3 is 2.28 bits per heavy atom. The molecule has 4 saturated carbocycles. The molecular weight excluding hydrogens is 608 g/mol. The fourth-order valence-electron chi connectivity index (χ4n) is 8.90. The van der Waals surface area contributed by atoms with Gasteiger partial charge in [0.15, 0.2) is 0 Å². The first-order chi connectivity index (χ1) is 22.0. The summed E-state index contributed by atoms with van der Waals surface area (Å²) in [5, 5.41) is 8.72. The Kier molecular flexibility index (Phi) is 8.03. The first-order valence-electron chi connectivity index (χ1n) is 16.6. The Labute approximate surface area is 269 Å². The second kappa shape index (κ2) is 11.9. The number of nitrogens with zero attached hydrogens (tertiary/aromatic N) is 3. The average Bonchev–Trinajstić information content (AvgIpc) is 3.48. The van der Waals surface area contributed by atoms with Gasteiger partial charge in [0.05, 0.1) is 28.6 Å². The summed E-state index contributed by atoms with van der Waals surface area (Å²) in [5.41, 5.74) is 0.594. The molecular formula is C33H42N6O6S. The third-order valence-electron chi connectivity index (χ3n) is 10.8. The third-order valence-corrected chi connectivity index (χ3v) is 12.4. The van der Waals surface area contributed by atoms with E-state index in [2.05, 4.69) is 20.9 Å².